The van der Waals surface area contributed by atoms with Gasteiger partial charge in [0.15, 0.2) is 0 Å². The highest BCUT2D eigenvalue weighted by Gasteiger charge is 2.37. The van der Waals surface area contributed by atoms with Crippen LogP contribution in [0.3, 0.4) is 0 Å². The summed E-state index contributed by atoms with van der Waals surface area (Å²) >= 11 is 1.61. The fourth-order valence-corrected chi connectivity index (χ4v) is 2.54. The fourth-order valence-electron chi connectivity index (χ4n) is 2.13. The van der Waals surface area contributed by atoms with Crippen LogP contribution in [0.5, 0.6) is 0 Å². The second kappa shape index (κ2) is 5.39. The van der Waals surface area contributed by atoms with Gasteiger partial charge in [0.1, 0.15) is 6.04 Å². The molecular weight excluding hydrogens is 252 g/mol. The van der Waals surface area contributed by atoms with E-state index >= 15 is 0 Å². The van der Waals surface area contributed by atoms with E-state index in [2.05, 4.69) is 5.32 Å². The standard InChI is InChI=1S/C12H14N2O3S/c1-18-9-4-2-8(3-5-9)12-10(14(16)17)6-7-11(15)13-12/h2-5,10,12H,6-7H2,1H3,(H,13,15)/t10-,12-/m1/s1. The van der Waals surface area contributed by atoms with E-state index in [4.69, 9.17) is 0 Å². The molecule has 1 N–H and O–H groups in total. The van der Waals surface area contributed by atoms with Gasteiger partial charge in [-0.15, -0.1) is 11.8 Å². The van der Waals surface area contributed by atoms with Gasteiger partial charge in [0.25, 0.3) is 0 Å². The molecule has 6 heteroatoms. The van der Waals surface area contributed by atoms with Gasteiger partial charge in [-0.1, -0.05) is 12.1 Å². The molecular formula is C12H14N2O3S. The van der Waals surface area contributed by atoms with E-state index in [-0.39, 0.29) is 17.3 Å². The van der Waals surface area contributed by atoms with Crippen LogP contribution in [-0.2, 0) is 4.79 Å². The monoisotopic (exact) mass is 266 g/mol. The predicted octanol–water partition coefficient (Wildman–Crippen LogP) is 2.00. The molecule has 18 heavy (non-hydrogen) atoms. The Morgan fingerprint density at radius 2 is 2.06 bits per heavy atom. The lowest BCUT2D eigenvalue weighted by Crippen LogP contribution is -2.45. The van der Waals surface area contributed by atoms with Gasteiger partial charge in [-0.25, -0.2) is 0 Å². The number of hydrogen-bond donors (Lipinski definition) is 1. The Kier molecular flexibility index (Phi) is 3.86. The van der Waals surface area contributed by atoms with Crippen molar-refractivity contribution in [3.8, 4) is 0 Å². The van der Waals surface area contributed by atoms with Crippen LogP contribution < -0.4 is 5.32 Å². The molecule has 0 aliphatic carbocycles. The molecule has 2 atom stereocenters. The maximum Gasteiger partial charge on any atom is 0.237 e. The van der Waals surface area contributed by atoms with Crippen LogP contribution in [0, 0.1) is 10.1 Å². The number of amides is 1. The molecule has 96 valence electrons. The molecule has 0 radical (unpaired) electrons. The van der Waals surface area contributed by atoms with Crippen LogP contribution in [0.4, 0.5) is 0 Å². The first-order chi connectivity index (χ1) is 8.61. The Labute approximate surface area is 109 Å². The van der Waals surface area contributed by atoms with Crippen LogP contribution in [0.25, 0.3) is 0 Å². The van der Waals surface area contributed by atoms with Crippen molar-refractivity contribution in [2.24, 2.45) is 0 Å². The number of hydrogen-bond acceptors (Lipinski definition) is 4. The predicted molar refractivity (Wildman–Crippen MR) is 69.1 cm³/mol. The van der Waals surface area contributed by atoms with Gasteiger partial charge in [0, 0.05) is 22.7 Å². The van der Waals surface area contributed by atoms with Crippen molar-refractivity contribution in [2.75, 3.05) is 6.26 Å². The third-order valence-electron chi connectivity index (χ3n) is 3.11. The molecule has 0 saturated carbocycles. The SMILES string of the molecule is CSc1ccc([C@H]2NC(=O)CC[C@H]2[N+](=O)[O-])cc1. The number of nitrogens with zero attached hydrogens (tertiary/aromatic N) is 1. The maximum absolute atomic E-state index is 11.4. The smallest absolute Gasteiger partial charge is 0.237 e. The first-order valence-electron chi connectivity index (χ1n) is 5.68. The Morgan fingerprint density at radius 3 is 2.61 bits per heavy atom. The highest BCUT2D eigenvalue weighted by atomic mass is 32.2. The minimum absolute atomic E-state index is 0.118. The van der Waals surface area contributed by atoms with Crippen molar-refractivity contribution in [3.05, 3.63) is 39.9 Å². The summed E-state index contributed by atoms with van der Waals surface area (Å²) in [5, 5.41) is 13.7. The van der Waals surface area contributed by atoms with Gasteiger partial charge >= 0.3 is 0 Å². The second-order valence-electron chi connectivity index (χ2n) is 4.21. The summed E-state index contributed by atoms with van der Waals surface area (Å²) in [7, 11) is 0. The Hall–Kier alpha value is -1.56. The highest BCUT2D eigenvalue weighted by Crippen LogP contribution is 2.27. The number of piperidine rings is 1. The average Bonchev–Trinajstić information content (AvgIpc) is 2.38. The Balaban J connectivity index is 2.25. The normalized spacial score (nSPS) is 23.5. The zero-order valence-corrected chi connectivity index (χ0v) is 10.8. The molecule has 1 aliphatic rings. The van der Waals surface area contributed by atoms with E-state index in [1.807, 2.05) is 30.5 Å². The summed E-state index contributed by atoms with van der Waals surface area (Å²) in [6.07, 6.45) is 2.50. The van der Waals surface area contributed by atoms with E-state index in [0.717, 1.165) is 10.5 Å². The van der Waals surface area contributed by atoms with E-state index < -0.39 is 12.1 Å². The van der Waals surface area contributed by atoms with Crippen LogP contribution in [0.2, 0.25) is 0 Å². The van der Waals surface area contributed by atoms with E-state index in [1.165, 1.54) is 0 Å². The Morgan fingerprint density at radius 1 is 1.39 bits per heavy atom. The summed E-state index contributed by atoms with van der Waals surface area (Å²) in [4.78, 5) is 23.2. The highest BCUT2D eigenvalue weighted by molar-refractivity contribution is 7.98. The first kappa shape index (κ1) is 12.9. The molecule has 2 rings (SSSR count). The van der Waals surface area contributed by atoms with Crippen molar-refractivity contribution in [1.82, 2.24) is 5.32 Å². The number of nitro groups is 1. The third-order valence-corrected chi connectivity index (χ3v) is 3.86. The molecule has 1 fully saturated rings. The molecule has 0 bridgehead atoms. The number of carbonyl (C=O) groups excluding carboxylic acids is 1. The lowest BCUT2D eigenvalue weighted by molar-refractivity contribution is -0.529. The number of carbonyl (C=O) groups is 1. The molecule has 1 heterocycles. The van der Waals surface area contributed by atoms with Crippen LogP contribution >= 0.6 is 11.8 Å². The van der Waals surface area contributed by atoms with Crippen molar-refractivity contribution in [2.45, 2.75) is 29.8 Å². The number of benzene rings is 1. The second-order valence-corrected chi connectivity index (χ2v) is 5.09. The average molecular weight is 266 g/mol. The van der Waals surface area contributed by atoms with Gasteiger partial charge in [-0.3, -0.25) is 14.9 Å². The quantitative estimate of drug-likeness (QED) is 0.516. The minimum Gasteiger partial charge on any atom is -0.343 e. The van der Waals surface area contributed by atoms with E-state index in [0.29, 0.717) is 6.42 Å². The van der Waals surface area contributed by atoms with E-state index in [9.17, 15) is 14.9 Å². The largest absolute Gasteiger partial charge is 0.343 e. The van der Waals surface area contributed by atoms with Crippen molar-refractivity contribution < 1.29 is 9.72 Å². The lowest BCUT2D eigenvalue weighted by Gasteiger charge is -2.26. The van der Waals surface area contributed by atoms with Crippen molar-refractivity contribution >= 4 is 17.7 Å². The molecule has 5 nitrogen and oxygen atoms in total. The Bertz CT molecular complexity index is 461. The molecule has 1 amide bonds. The summed E-state index contributed by atoms with van der Waals surface area (Å²) in [5.74, 6) is -0.118. The maximum atomic E-state index is 11.4. The van der Waals surface area contributed by atoms with Gasteiger partial charge in [-0.05, 0) is 24.0 Å². The van der Waals surface area contributed by atoms with E-state index in [1.54, 1.807) is 11.8 Å². The molecule has 1 aliphatic heterocycles. The molecule has 1 saturated heterocycles. The molecule has 0 aromatic heterocycles. The van der Waals surface area contributed by atoms with Gasteiger partial charge in [0.05, 0.1) is 0 Å². The third kappa shape index (κ3) is 2.64. The fraction of sp³-hybridized carbons (Fsp3) is 0.417. The summed E-state index contributed by atoms with van der Waals surface area (Å²) in [6, 6.07) is 6.27. The van der Waals surface area contributed by atoms with Gasteiger partial charge in [0.2, 0.25) is 11.9 Å². The summed E-state index contributed by atoms with van der Waals surface area (Å²) in [6.45, 7) is 0. The number of rotatable bonds is 3. The number of thioether (sulfide) groups is 1. The van der Waals surface area contributed by atoms with Crippen LogP contribution in [0.15, 0.2) is 29.2 Å². The minimum atomic E-state index is -0.733. The van der Waals surface area contributed by atoms with Crippen LogP contribution in [-0.4, -0.2) is 23.1 Å². The lowest BCUT2D eigenvalue weighted by atomic mass is 9.92. The zero-order valence-electron chi connectivity index (χ0n) is 9.96. The molecule has 0 unspecified atom stereocenters. The van der Waals surface area contributed by atoms with Gasteiger partial charge < -0.3 is 5.32 Å². The number of nitrogens with one attached hydrogen (secondary N) is 1. The van der Waals surface area contributed by atoms with Gasteiger partial charge in [-0.2, -0.15) is 0 Å². The summed E-state index contributed by atoms with van der Waals surface area (Å²) < 4.78 is 0. The summed E-state index contributed by atoms with van der Waals surface area (Å²) in [5.41, 5.74) is 0.794. The topological polar surface area (TPSA) is 72.2 Å². The molecule has 1 aromatic rings. The van der Waals surface area contributed by atoms with Crippen LogP contribution in [0.1, 0.15) is 24.4 Å². The molecule has 0 spiro atoms. The zero-order chi connectivity index (χ0) is 13.1. The van der Waals surface area contributed by atoms with Crippen molar-refractivity contribution in [3.63, 3.8) is 0 Å². The first-order valence-corrected chi connectivity index (χ1v) is 6.91. The van der Waals surface area contributed by atoms with Crippen molar-refractivity contribution in [1.29, 1.82) is 0 Å². The molecule has 1 aromatic carbocycles.